The Morgan fingerprint density at radius 3 is 2.68 bits per heavy atom. The number of carbonyl (C=O) groups is 2. The Hall–Kier alpha value is -2.13. The van der Waals surface area contributed by atoms with Gasteiger partial charge in [0.2, 0.25) is 15.9 Å². The summed E-state index contributed by atoms with van der Waals surface area (Å²) in [5.74, 6) is -1.15. The summed E-state index contributed by atoms with van der Waals surface area (Å²) < 4.78 is 35.3. The van der Waals surface area contributed by atoms with Crippen LogP contribution in [-0.2, 0) is 24.3 Å². The highest BCUT2D eigenvalue weighted by molar-refractivity contribution is 7.92. The van der Waals surface area contributed by atoms with E-state index in [0.29, 0.717) is 13.2 Å². The maximum atomic E-state index is 12.2. The zero-order valence-corrected chi connectivity index (χ0v) is 15.0. The van der Waals surface area contributed by atoms with Gasteiger partial charge in [-0.3, -0.25) is 9.10 Å². The molecule has 1 aliphatic heterocycles. The molecule has 9 heteroatoms. The maximum Gasteiger partial charge on any atom is 0.340 e. The molecule has 2 rings (SSSR count). The number of anilines is 1. The second-order valence-electron chi connectivity index (χ2n) is 5.72. The Labute approximate surface area is 147 Å². The zero-order valence-electron chi connectivity index (χ0n) is 14.2. The third kappa shape index (κ3) is 5.17. The molecule has 25 heavy (non-hydrogen) atoms. The van der Waals surface area contributed by atoms with Crippen LogP contribution < -0.4 is 9.62 Å². The Bertz CT molecular complexity index is 728. The van der Waals surface area contributed by atoms with Gasteiger partial charge in [-0.25, -0.2) is 13.2 Å². The molecular formula is C16H22N2O6S. The lowest BCUT2D eigenvalue weighted by Gasteiger charge is -2.24. The summed E-state index contributed by atoms with van der Waals surface area (Å²) in [6, 6.07) is 6.09. The highest BCUT2D eigenvalue weighted by atomic mass is 32.2. The molecule has 1 aromatic carbocycles. The summed E-state index contributed by atoms with van der Waals surface area (Å²) in [6.07, 6.45) is 2.75. The van der Waals surface area contributed by atoms with E-state index in [2.05, 4.69) is 10.1 Å². The third-order valence-electron chi connectivity index (χ3n) is 3.82. The van der Waals surface area contributed by atoms with Gasteiger partial charge in [0, 0.05) is 13.2 Å². The number of nitrogens with one attached hydrogen (secondary N) is 1. The molecule has 1 unspecified atom stereocenters. The smallest absolute Gasteiger partial charge is 0.340 e. The van der Waals surface area contributed by atoms with E-state index in [4.69, 9.17) is 4.74 Å². The van der Waals surface area contributed by atoms with Crippen LogP contribution in [0.3, 0.4) is 0 Å². The van der Waals surface area contributed by atoms with Crippen molar-refractivity contribution in [3.05, 3.63) is 29.8 Å². The molecule has 1 saturated heterocycles. The molecule has 8 nitrogen and oxygen atoms in total. The molecule has 0 spiro atoms. The van der Waals surface area contributed by atoms with Crippen molar-refractivity contribution in [1.82, 2.24) is 5.32 Å². The van der Waals surface area contributed by atoms with Gasteiger partial charge in [-0.1, -0.05) is 12.1 Å². The number of esters is 1. The number of carbonyl (C=O) groups excluding carboxylic acids is 2. The second-order valence-corrected chi connectivity index (χ2v) is 7.62. The fourth-order valence-corrected chi connectivity index (χ4v) is 3.44. The molecule has 0 radical (unpaired) electrons. The molecule has 1 atom stereocenters. The standard InChI is InChI=1S/C16H22N2O6S/c1-23-16(20)13-7-3-4-8-14(13)18(25(2,21)22)11-15(19)17-10-12-6-5-9-24-12/h3-4,7-8,12H,5-6,9-11H2,1-2H3,(H,17,19). The van der Waals surface area contributed by atoms with Crippen molar-refractivity contribution in [1.29, 1.82) is 0 Å². The molecular weight excluding hydrogens is 348 g/mol. The van der Waals surface area contributed by atoms with Gasteiger partial charge in [0.1, 0.15) is 6.54 Å². The van der Waals surface area contributed by atoms with Crippen molar-refractivity contribution < 1.29 is 27.5 Å². The van der Waals surface area contributed by atoms with Gasteiger partial charge < -0.3 is 14.8 Å². The van der Waals surface area contributed by atoms with E-state index >= 15 is 0 Å². The van der Waals surface area contributed by atoms with Gasteiger partial charge in [0.15, 0.2) is 0 Å². The minimum absolute atomic E-state index is 0.0435. The van der Waals surface area contributed by atoms with Crippen LogP contribution in [0.5, 0.6) is 0 Å². The molecule has 0 bridgehead atoms. The first-order valence-electron chi connectivity index (χ1n) is 7.86. The van der Waals surface area contributed by atoms with Gasteiger partial charge in [0.25, 0.3) is 0 Å². The number of benzene rings is 1. The Balaban J connectivity index is 2.17. The zero-order chi connectivity index (χ0) is 18.4. The molecule has 1 aliphatic rings. The molecule has 0 aliphatic carbocycles. The first-order chi connectivity index (χ1) is 11.8. The number of sulfonamides is 1. The molecule has 1 heterocycles. The normalized spacial score (nSPS) is 17.1. The summed E-state index contributed by atoms with van der Waals surface area (Å²) >= 11 is 0. The predicted octanol–water partition coefficient (Wildman–Crippen LogP) is 0.534. The van der Waals surface area contributed by atoms with Crippen molar-refractivity contribution >= 4 is 27.6 Å². The van der Waals surface area contributed by atoms with Crippen molar-refractivity contribution in [2.24, 2.45) is 0 Å². The minimum atomic E-state index is -3.78. The third-order valence-corrected chi connectivity index (χ3v) is 4.94. The molecule has 138 valence electrons. The average molecular weight is 370 g/mol. The molecule has 0 aromatic heterocycles. The number of rotatable bonds is 7. The second kappa shape index (κ2) is 8.30. The van der Waals surface area contributed by atoms with E-state index in [-0.39, 0.29) is 17.4 Å². The van der Waals surface area contributed by atoms with Crippen molar-refractivity contribution in [2.75, 3.05) is 37.4 Å². The molecule has 1 amide bonds. The topological polar surface area (TPSA) is 102 Å². The van der Waals surface area contributed by atoms with E-state index in [1.165, 1.54) is 19.2 Å². The van der Waals surface area contributed by atoms with Crippen molar-refractivity contribution in [2.45, 2.75) is 18.9 Å². The van der Waals surface area contributed by atoms with Gasteiger partial charge in [-0.05, 0) is 25.0 Å². The first kappa shape index (κ1) is 19.2. The van der Waals surface area contributed by atoms with E-state index in [1.54, 1.807) is 12.1 Å². The van der Waals surface area contributed by atoms with Crippen LogP contribution in [0.15, 0.2) is 24.3 Å². The number of hydrogen-bond acceptors (Lipinski definition) is 6. The molecule has 1 fully saturated rings. The number of nitrogens with zero attached hydrogens (tertiary/aromatic N) is 1. The fraction of sp³-hybridized carbons (Fsp3) is 0.500. The quantitative estimate of drug-likeness (QED) is 0.703. The largest absolute Gasteiger partial charge is 0.465 e. The number of para-hydroxylation sites is 1. The minimum Gasteiger partial charge on any atom is -0.465 e. The number of ether oxygens (including phenoxy) is 2. The van der Waals surface area contributed by atoms with Crippen LogP contribution in [0.4, 0.5) is 5.69 Å². The molecule has 1 aromatic rings. The highest BCUT2D eigenvalue weighted by Gasteiger charge is 2.26. The van der Waals surface area contributed by atoms with Crippen LogP contribution in [0.25, 0.3) is 0 Å². The van der Waals surface area contributed by atoms with Gasteiger partial charge in [-0.2, -0.15) is 0 Å². The van der Waals surface area contributed by atoms with Crippen LogP contribution in [0.2, 0.25) is 0 Å². The van der Waals surface area contributed by atoms with E-state index < -0.39 is 28.4 Å². The number of hydrogen-bond donors (Lipinski definition) is 1. The van der Waals surface area contributed by atoms with Gasteiger partial charge in [0.05, 0.1) is 30.7 Å². The summed E-state index contributed by atoms with van der Waals surface area (Å²) in [5, 5.41) is 2.67. The van der Waals surface area contributed by atoms with E-state index in [0.717, 1.165) is 23.4 Å². The number of methoxy groups -OCH3 is 1. The van der Waals surface area contributed by atoms with Crippen molar-refractivity contribution in [3.63, 3.8) is 0 Å². The van der Waals surface area contributed by atoms with Crippen LogP contribution >= 0.6 is 0 Å². The van der Waals surface area contributed by atoms with Gasteiger partial charge in [-0.15, -0.1) is 0 Å². The summed E-state index contributed by atoms with van der Waals surface area (Å²) in [4.78, 5) is 24.1. The van der Waals surface area contributed by atoms with Crippen LogP contribution in [0, 0.1) is 0 Å². The lowest BCUT2D eigenvalue weighted by molar-refractivity contribution is -0.120. The lowest BCUT2D eigenvalue weighted by Crippen LogP contribution is -2.43. The Morgan fingerprint density at radius 1 is 1.36 bits per heavy atom. The molecule has 0 saturated carbocycles. The lowest BCUT2D eigenvalue weighted by atomic mass is 10.2. The first-order valence-corrected chi connectivity index (χ1v) is 9.71. The fourth-order valence-electron chi connectivity index (χ4n) is 2.57. The van der Waals surface area contributed by atoms with Crippen molar-refractivity contribution in [3.8, 4) is 0 Å². The van der Waals surface area contributed by atoms with Gasteiger partial charge >= 0.3 is 5.97 Å². The predicted molar refractivity (Wildman–Crippen MR) is 92.0 cm³/mol. The summed E-state index contributed by atoms with van der Waals surface area (Å²) in [6.45, 7) is 0.567. The summed E-state index contributed by atoms with van der Waals surface area (Å²) in [7, 11) is -2.57. The SMILES string of the molecule is COC(=O)c1ccccc1N(CC(=O)NCC1CCCO1)S(C)(=O)=O. The Kier molecular flexibility index (Phi) is 6.38. The maximum absolute atomic E-state index is 12.2. The van der Waals surface area contributed by atoms with Crippen LogP contribution in [-0.4, -0.2) is 59.5 Å². The molecule has 1 N–H and O–H groups in total. The monoisotopic (exact) mass is 370 g/mol. The average Bonchev–Trinajstić information content (AvgIpc) is 3.09. The van der Waals surface area contributed by atoms with E-state index in [1.807, 2.05) is 0 Å². The summed E-state index contributed by atoms with van der Waals surface area (Å²) in [5.41, 5.74) is 0.173. The highest BCUT2D eigenvalue weighted by Crippen LogP contribution is 2.23. The Morgan fingerprint density at radius 2 is 2.08 bits per heavy atom. The number of amides is 1. The van der Waals surface area contributed by atoms with Crippen LogP contribution in [0.1, 0.15) is 23.2 Å². The van der Waals surface area contributed by atoms with E-state index in [9.17, 15) is 18.0 Å².